The molecule has 1 amide bonds. The highest BCUT2D eigenvalue weighted by Gasteiger charge is 2.65. The van der Waals surface area contributed by atoms with E-state index in [1.54, 1.807) is 0 Å². The Morgan fingerprint density at radius 3 is 2.39 bits per heavy atom. The Labute approximate surface area is 200 Å². The van der Waals surface area contributed by atoms with Gasteiger partial charge in [-0.1, -0.05) is 27.7 Å². The van der Waals surface area contributed by atoms with Crippen molar-refractivity contribution in [3.63, 3.8) is 0 Å². The lowest BCUT2D eigenvalue weighted by Gasteiger charge is -2.58. The lowest BCUT2D eigenvalue weighted by Crippen LogP contribution is -2.59. The van der Waals surface area contributed by atoms with E-state index in [1.165, 1.54) is 0 Å². The first-order valence-electron chi connectivity index (χ1n) is 13.4. The summed E-state index contributed by atoms with van der Waals surface area (Å²) in [4.78, 5) is 51.1. The zero-order chi connectivity index (χ0) is 24.6. The highest BCUT2D eigenvalue weighted by molar-refractivity contribution is 5.93. The Kier molecular flexibility index (Phi) is 7.90. The maximum absolute atomic E-state index is 13.6. The zero-order valence-electron chi connectivity index (χ0n) is 21.7. The van der Waals surface area contributed by atoms with Gasteiger partial charge in [-0.05, 0) is 75.0 Å². The van der Waals surface area contributed by atoms with E-state index in [0.29, 0.717) is 43.7 Å². The van der Waals surface area contributed by atoms with Crippen molar-refractivity contribution in [3.8, 4) is 0 Å². The summed E-state index contributed by atoms with van der Waals surface area (Å²) in [6.07, 6.45) is 7.06. The predicted octanol–water partition coefficient (Wildman–Crippen LogP) is 5.29. The van der Waals surface area contributed by atoms with Crippen LogP contribution in [0.5, 0.6) is 0 Å². The lowest BCUT2D eigenvalue weighted by molar-refractivity contribution is -0.165. The molecule has 186 valence electrons. The van der Waals surface area contributed by atoms with Crippen LogP contribution in [0.4, 0.5) is 0 Å². The van der Waals surface area contributed by atoms with Gasteiger partial charge in [-0.3, -0.25) is 19.2 Å². The molecule has 0 aromatic rings. The molecule has 5 nitrogen and oxygen atoms in total. The van der Waals surface area contributed by atoms with Crippen LogP contribution >= 0.6 is 0 Å². The molecular formula is C28H45NO4. The van der Waals surface area contributed by atoms with Crippen molar-refractivity contribution in [2.24, 2.45) is 40.4 Å². The van der Waals surface area contributed by atoms with Gasteiger partial charge >= 0.3 is 0 Å². The van der Waals surface area contributed by atoms with Crippen molar-refractivity contribution in [1.29, 1.82) is 0 Å². The second-order valence-electron chi connectivity index (χ2n) is 11.7. The summed E-state index contributed by atoms with van der Waals surface area (Å²) in [6.45, 7) is 12.3. The van der Waals surface area contributed by atoms with Gasteiger partial charge in [0, 0.05) is 49.5 Å². The number of Topliss-reactive ketones (excluding diaryl/α,β-unsaturated/α-hetero) is 3. The smallest absolute Gasteiger partial charge is 0.220 e. The molecule has 4 fully saturated rings. The molecule has 4 aliphatic rings. The molecule has 33 heavy (non-hydrogen) atoms. The number of carbonyl (C=O) groups excluding carboxylic acids is 4. The summed E-state index contributed by atoms with van der Waals surface area (Å²) in [5.74, 6) is 1.61. The zero-order valence-corrected chi connectivity index (χ0v) is 21.7. The second-order valence-corrected chi connectivity index (χ2v) is 11.7. The fraction of sp³-hybridized carbons (Fsp3) is 0.857. The van der Waals surface area contributed by atoms with E-state index in [1.807, 2.05) is 27.7 Å². The van der Waals surface area contributed by atoms with Crippen molar-refractivity contribution in [1.82, 2.24) is 5.32 Å². The summed E-state index contributed by atoms with van der Waals surface area (Å²) in [7, 11) is 0. The van der Waals surface area contributed by atoms with Crippen molar-refractivity contribution in [2.45, 2.75) is 112 Å². The number of nitrogens with one attached hydrogen (secondary N) is 1. The standard InChI is InChI=1S/C26H39NO4.C2H6/c1-15(2)27-23(31)7-5-6-16-8-9-19-24-20(14-22(30)26(16,19)4)25(3)11-10-18(28)12-17(25)13-21(24)29;1-2/h15-17,19-20,24H,5-14H2,1-4H3,(H,27,31);1-2H3. The third-order valence-corrected chi connectivity index (χ3v) is 9.74. The van der Waals surface area contributed by atoms with Gasteiger partial charge in [0.2, 0.25) is 5.91 Å². The number of amides is 1. The van der Waals surface area contributed by atoms with E-state index >= 15 is 0 Å². The Hall–Kier alpha value is -1.52. The molecule has 0 radical (unpaired) electrons. The van der Waals surface area contributed by atoms with Crippen LogP contribution in [0, 0.1) is 40.4 Å². The molecule has 0 bridgehead atoms. The van der Waals surface area contributed by atoms with E-state index in [-0.39, 0.29) is 52.7 Å². The van der Waals surface area contributed by atoms with E-state index < -0.39 is 5.41 Å². The van der Waals surface area contributed by atoms with Crippen LogP contribution < -0.4 is 5.32 Å². The molecule has 0 aromatic carbocycles. The molecule has 0 aliphatic heterocycles. The molecule has 7 unspecified atom stereocenters. The minimum Gasteiger partial charge on any atom is -0.354 e. The molecule has 0 heterocycles. The molecular weight excluding hydrogens is 414 g/mol. The largest absolute Gasteiger partial charge is 0.354 e. The van der Waals surface area contributed by atoms with Gasteiger partial charge in [-0.2, -0.15) is 0 Å². The molecule has 0 aromatic heterocycles. The Morgan fingerprint density at radius 2 is 1.73 bits per heavy atom. The Bertz CT molecular complexity index is 789. The molecule has 1 N–H and O–H groups in total. The van der Waals surface area contributed by atoms with Crippen molar-refractivity contribution < 1.29 is 19.2 Å². The molecule has 4 rings (SSSR count). The summed E-state index contributed by atoms with van der Waals surface area (Å²) in [6, 6.07) is 0.148. The predicted molar refractivity (Wildman–Crippen MR) is 129 cm³/mol. The maximum atomic E-state index is 13.6. The average molecular weight is 460 g/mol. The number of fused-ring (bicyclic) bond motifs is 5. The number of ketones is 3. The molecule has 5 heteroatoms. The van der Waals surface area contributed by atoms with Crippen LogP contribution in [-0.4, -0.2) is 29.3 Å². The fourth-order valence-electron chi connectivity index (χ4n) is 7.93. The molecule has 4 saturated carbocycles. The van der Waals surface area contributed by atoms with E-state index in [0.717, 1.165) is 32.1 Å². The highest BCUT2D eigenvalue weighted by atomic mass is 16.2. The topological polar surface area (TPSA) is 80.3 Å². The minimum atomic E-state index is -0.432. The minimum absolute atomic E-state index is 0.0219. The van der Waals surface area contributed by atoms with Crippen LogP contribution in [0.3, 0.4) is 0 Å². The fourth-order valence-corrected chi connectivity index (χ4v) is 7.93. The van der Waals surface area contributed by atoms with Crippen molar-refractivity contribution in [2.75, 3.05) is 0 Å². The van der Waals surface area contributed by atoms with Crippen LogP contribution in [0.1, 0.15) is 106 Å². The van der Waals surface area contributed by atoms with Crippen LogP contribution in [0.15, 0.2) is 0 Å². The molecule has 0 spiro atoms. The quantitative estimate of drug-likeness (QED) is 0.605. The summed E-state index contributed by atoms with van der Waals surface area (Å²) in [5, 5.41) is 2.94. The van der Waals surface area contributed by atoms with Gasteiger partial charge in [0.15, 0.2) is 0 Å². The maximum Gasteiger partial charge on any atom is 0.220 e. The van der Waals surface area contributed by atoms with Gasteiger partial charge < -0.3 is 5.32 Å². The number of rotatable bonds is 5. The normalized spacial score (nSPS) is 39.8. The lowest BCUT2D eigenvalue weighted by atomic mass is 9.44. The Morgan fingerprint density at radius 1 is 1.03 bits per heavy atom. The molecule has 0 saturated heterocycles. The van der Waals surface area contributed by atoms with Gasteiger partial charge in [-0.25, -0.2) is 0 Å². The Balaban J connectivity index is 0.00000149. The summed E-state index contributed by atoms with van der Waals surface area (Å²) < 4.78 is 0. The highest BCUT2D eigenvalue weighted by Crippen LogP contribution is 2.65. The van der Waals surface area contributed by atoms with E-state index in [4.69, 9.17) is 0 Å². The first kappa shape index (κ1) is 26.1. The van der Waals surface area contributed by atoms with Gasteiger partial charge in [0.25, 0.3) is 0 Å². The summed E-state index contributed by atoms with van der Waals surface area (Å²) >= 11 is 0. The average Bonchev–Trinajstić information content (AvgIpc) is 3.09. The van der Waals surface area contributed by atoms with Crippen LogP contribution in [0.2, 0.25) is 0 Å². The van der Waals surface area contributed by atoms with Crippen molar-refractivity contribution in [3.05, 3.63) is 0 Å². The first-order chi connectivity index (χ1) is 15.6. The van der Waals surface area contributed by atoms with Crippen molar-refractivity contribution >= 4 is 23.3 Å². The number of carbonyl (C=O) groups is 4. The number of hydrogen-bond acceptors (Lipinski definition) is 4. The first-order valence-corrected chi connectivity index (χ1v) is 13.4. The molecule has 7 atom stereocenters. The summed E-state index contributed by atoms with van der Waals surface area (Å²) in [5.41, 5.74) is -0.491. The van der Waals surface area contributed by atoms with Gasteiger partial charge in [0.05, 0.1) is 0 Å². The second kappa shape index (κ2) is 10.00. The van der Waals surface area contributed by atoms with E-state index in [2.05, 4.69) is 19.2 Å². The van der Waals surface area contributed by atoms with Gasteiger partial charge in [-0.15, -0.1) is 0 Å². The number of hydrogen-bond donors (Lipinski definition) is 1. The van der Waals surface area contributed by atoms with E-state index in [9.17, 15) is 19.2 Å². The third kappa shape index (κ3) is 4.58. The molecule has 4 aliphatic carbocycles. The van der Waals surface area contributed by atoms with Crippen LogP contribution in [0.25, 0.3) is 0 Å². The third-order valence-electron chi connectivity index (χ3n) is 9.74. The monoisotopic (exact) mass is 459 g/mol. The van der Waals surface area contributed by atoms with Crippen LogP contribution in [-0.2, 0) is 19.2 Å². The van der Waals surface area contributed by atoms with Gasteiger partial charge in [0.1, 0.15) is 17.3 Å². The SMILES string of the molecule is CC.CC(C)NC(=O)CCCC1CCC2C3C(=O)CC4CC(=O)CCC4(C)C3CC(=O)C12C.